The van der Waals surface area contributed by atoms with Crippen LogP contribution in [0.25, 0.3) is 5.69 Å². The van der Waals surface area contributed by atoms with Crippen LogP contribution >= 0.6 is 0 Å². The Morgan fingerprint density at radius 1 is 1.48 bits per heavy atom. The fourth-order valence-electron chi connectivity index (χ4n) is 2.13. The molecule has 1 aromatic heterocycles. The zero-order valence-corrected chi connectivity index (χ0v) is 11.9. The zero-order valence-electron chi connectivity index (χ0n) is 11.9. The van der Waals surface area contributed by atoms with Gasteiger partial charge in [-0.3, -0.25) is 10.1 Å². The summed E-state index contributed by atoms with van der Waals surface area (Å²) in [6, 6.07) is 4.36. The van der Waals surface area contributed by atoms with E-state index in [2.05, 4.69) is 10.3 Å². The first-order valence-electron chi connectivity index (χ1n) is 6.58. The van der Waals surface area contributed by atoms with Crippen molar-refractivity contribution in [3.8, 4) is 11.4 Å². The van der Waals surface area contributed by atoms with Crippen molar-refractivity contribution in [1.29, 1.82) is 0 Å². The standard InChI is InChI=1S/C13H17N5O3/c1-3-4-11-10(8-14)15-16-17(11)12-7-9(18(19)20)5-6-13(12)21-2/h5-7H,3-4,8,14H2,1-2H3. The van der Waals surface area contributed by atoms with Gasteiger partial charge < -0.3 is 10.5 Å². The van der Waals surface area contributed by atoms with Crippen LogP contribution in [0.5, 0.6) is 5.75 Å². The molecule has 1 heterocycles. The SMILES string of the molecule is CCCc1c(CN)nnn1-c1cc([N+](=O)[O-])ccc1OC. The van der Waals surface area contributed by atoms with Gasteiger partial charge in [0.25, 0.3) is 5.69 Å². The Kier molecular flexibility index (Phi) is 4.49. The number of methoxy groups -OCH3 is 1. The Balaban J connectivity index is 2.61. The van der Waals surface area contributed by atoms with Crippen LogP contribution in [0.4, 0.5) is 5.69 Å². The van der Waals surface area contributed by atoms with Crippen molar-refractivity contribution >= 4 is 5.69 Å². The van der Waals surface area contributed by atoms with Gasteiger partial charge in [0.15, 0.2) is 0 Å². The summed E-state index contributed by atoms with van der Waals surface area (Å²) in [4.78, 5) is 10.5. The average Bonchev–Trinajstić information content (AvgIpc) is 2.89. The lowest BCUT2D eigenvalue weighted by Crippen LogP contribution is -2.07. The minimum Gasteiger partial charge on any atom is -0.494 e. The largest absolute Gasteiger partial charge is 0.494 e. The molecule has 0 saturated carbocycles. The van der Waals surface area contributed by atoms with E-state index < -0.39 is 4.92 Å². The number of ether oxygens (including phenoxy) is 1. The number of nitrogens with zero attached hydrogens (tertiary/aromatic N) is 4. The molecule has 0 aliphatic rings. The van der Waals surface area contributed by atoms with E-state index in [1.165, 1.54) is 19.2 Å². The molecule has 2 rings (SSSR count). The van der Waals surface area contributed by atoms with Crippen LogP contribution in [-0.2, 0) is 13.0 Å². The number of nitro benzene ring substituents is 1. The second-order valence-electron chi connectivity index (χ2n) is 4.46. The van der Waals surface area contributed by atoms with Gasteiger partial charge in [-0.2, -0.15) is 0 Å². The van der Waals surface area contributed by atoms with Gasteiger partial charge in [-0.1, -0.05) is 18.6 Å². The van der Waals surface area contributed by atoms with E-state index in [0.717, 1.165) is 18.5 Å². The van der Waals surface area contributed by atoms with Gasteiger partial charge in [0.1, 0.15) is 11.4 Å². The van der Waals surface area contributed by atoms with Gasteiger partial charge >= 0.3 is 0 Å². The Bertz CT molecular complexity index is 653. The fourth-order valence-corrected chi connectivity index (χ4v) is 2.13. The van der Waals surface area contributed by atoms with Crippen molar-refractivity contribution in [3.05, 3.63) is 39.7 Å². The number of rotatable bonds is 6. The van der Waals surface area contributed by atoms with Crippen LogP contribution in [0.1, 0.15) is 24.7 Å². The number of benzene rings is 1. The molecule has 0 bridgehead atoms. The Labute approximate surface area is 121 Å². The number of nitrogens with two attached hydrogens (primary N) is 1. The maximum Gasteiger partial charge on any atom is 0.271 e. The summed E-state index contributed by atoms with van der Waals surface area (Å²) in [5.74, 6) is 0.492. The van der Waals surface area contributed by atoms with E-state index in [0.29, 0.717) is 17.1 Å². The second-order valence-corrected chi connectivity index (χ2v) is 4.46. The first kappa shape index (κ1) is 14.9. The summed E-state index contributed by atoms with van der Waals surface area (Å²) >= 11 is 0. The summed E-state index contributed by atoms with van der Waals surface area (Å²) in [6.45, 7) is 2.30. The number of hydrogen-bond donors (Lipinski definition) is 1. The average molecular weight is 291 g/mol. The van der Waals surface area contributed by atoms with Gasteiger partial charge in [0.2, 0.25) is 0 Å². The summed E-state index contributed by atoms with van der Waals surface area (Å²) in [7, 11) is 1.50. The van der Waals surface area contributed by atoms with Crippen molar-refractivity contribution in [2.75, 3.05) is 7.11 Å². The Hall–Kier alpha value is -2.48. The first-order chi connectivity index (χ1) is 10.1. The number of hydrogen-bond acceptors (Lipinski definition) is 6. The highest BCUT2D eigenvalue weighted by atomic mass is 16.6. The first-order valence-corrected chi connectivity index (χ1v) is 6.58. The van der Waals surface area contributed by atoms with Crippen LogP contribution in [0.3, 0.4) is 0 Å². The number of non-ortho nitro benzene ring substituents is 1. The highest BCUT2D eigenvalue weighted by Gasteiger charge is 2.18. The van der Waals surface area contributed by atoms with E-state index >= 15 is 0 Å². The molecule has 0 radical (unpaired) electrons. The zero-order chi connectivity index (χ0) is 15.4. The van der Waals surface area contributed by atoms with Crippen LogP contribution < -0.4 is 10.5 Å². The molecular formula is C13H17N5O3. The maximum atomic E-state index is 11.0. The van der Waals surface area contributed by atoms with Crippen molar-refractivity contribution in [2.24, 2.45) is 5.73 Å². The molecular weight excluding hydrogens is 274 g/mol. The quantitative estimate of drug-likeness (QED) is 0.639. The van der Waals surface area contributed by atoms with E-state index in [-0.39, 0.29) is 12.2 Å². The molecule has 0 spiro atoms. The molecule has 112 valence electrons. The fraction of sp³-hybridized carbons (Fsp3) is 0.385. The maximum absolute atomic E-state index is 11.0. The normalized spacial score (nSPS) is 10.6. The lowest BCUT2D eigenvalue weighted by Gasteiger charge is -2.11. The third-order valence-corrected chi connectivity index (χ3v) is 3.13. The monoisotopic (exact) mass is 291 g/mol. The number of aromatic nitrogens is 3. The molecule has 8 heteroatoms. The second kappa shape index (κ2) is 6.31. The lowest BCUT2D eigenvalue weighted by molar-refractivity contribution is -0.384. The molecule has 8 nitrogen and oxygen atoms in total. The van der Waals surface area contributed by atoms with Gasteiger partial charge in [0.05, 0.1) is 23.4 Å². The van der Waals surface area contributed by atoms with Gasteiger partial charge in [0, 0.05) is 18.7 Å². The van der Waals surface area contributed by atoms with Crippen molar-refractivity contribution < 1.29 is 9.66 Å². The van der Waals surface area contributed by atoms with Crippen LogP contribution in [0, 0.1) is 10.1 Å². The molecule has 1 aromatic carbocycles. The lowest BCUT2D eigenvalue weighted by atomic mass is 10.2. The molecule has 2 aromatic rings. The van der Waals surface area contributed by atoms with Crippen LogP contribution in [0.2, 0.25) is 0 Å². The van der Waals surface area contributed by atoms with Crippen molar-refractivity contribution in [1.82, 2.24) is 15.0 Å². The molecule has 0 aliphatic heterocycles. The van der Waals surface area contributed by atoms with Crippen LogP contribution in [-0.4, -0.2) is 27.0 Å². The predicted molar refractivity (Wildman–Crippen MR) is 76.5 cm³/mol. The Morgan fingerprint density at radius 2 is 2.24 bits per heavy atom. The molecule has 0 atom stereocenters. The van der Waals surface area contributed by atoms with Crippen molar-refractivity contribution in [3.63, 3.8) is 0 Å². The van der Waals surface area contributed by atoms with E-state index in [4.69, 9.17) is 10.5 Å². The molecule has 2 N–H and O–H groups in total. The summed E-state index contributed by atoms with van der Waals surface area (Å²) in [5.41, 5.74) is 7.66. The third kappa shape index (κ3) is 2.84. The minimum atomic E-state index is -0.455. The molecule has 0 saturated heterocycles. The van der Waals surface area contributed by atoms with E-state index in [1.54, 1.807) is 10.7 Å². The third-order valence-electron chi connectivity index (χ3n) is 3.13. The molecule has 21 heavy (non-hydrogen) atoms. The molecule has 0 amide bonds. The van der Waals surface area contributed by atoms with Gasteiger partial charge in [-0.05, 0) is 12.5 Å². The minimum absolute atomic E-state index is 0.0296. The highest BCUT2D eigenvalue weighted by molar-refractivity contribution is 5.54. The predicted octanol–water partition coefficient (Wildman–Crippen LogP) is 1.60. The summed E-state index contributed by atoms with van der Waals surface area (Å²) in [6.07, 6.45) is 1.61. The highest BCUT2D eigenvalue weighted by Crippen LogP contribution is 2.28. The number of nitro groups is 1. The van der Waals surface area contributed by atoms with E-state index in [9.17, 15) is 10.1 Å². The van der Waals surface area contributed by atoms with Crippen LogP contribution in [0.15, 0.2) is 18.2 Å². The van der Waals surface area contributed by atoms with Gasteiger partial charge in [-0.15, -0.1) is 5.10 Å². The van der Waals surface area contributed by atoms with Crippen molar-refractivity contribution in [2.45, 2.75) is 26.3 Å². The topological polar surface area (TPSA) is 109 Å². The smallest absolute Gasteiger partial charge is 0.271 e. The summed E-state index contributed by atoms with van der Waals surface area (Å²) in [5, 5.41) is 19.1. The Morgan fingerprint density at radius 3 is 2.81 bits per heavy atom. The van der Waals surface area contributed by atoms with Gasteiger partial charge in [-0.25, -0.2) is 4.68 Å². The molecule has 0 unspecified atom stereocenters. The summed E-state index contributed by atoms with van der Waals surface area (Å²) < 4.78 is 6.84. The molecule has 0 aliphatic carbocycles. The van der Waals surface area contributed by atoms with E-state index in [1.807, 2.05) is 6.92 Å². The molecule has 0 fully saturated rings.